The Morgan fingerprint density at radius 1 is 1.23 bits per heavy atom. The standard InChI is InChI=1S/C14H16FNO5S/c15-22(18,19)11-7-14(17)16(9-11)8-10-2-3-12-13(6-10)21-5-1-4-20-12/h2-3,6,11H,1,4-5,7-9H2. The first-order valence-corrected chi connectivity index (χ1v) is 8.48. The first-order chi connectivity index (χ1) is 10.4. The van der Waals surface area contributed by atoms with Crippen molar-refractivity contribution in [1.82, 2.24) is 4.90 Å². The number of ether oxygens (including phenoxy) is 2. The molecule has 2 heterocycles. The third-order valence-electron chi connectivity index (χ3n) is 3.76. The van der Waals surface area contributed by atoms with Gasteiger partial charge >= 0.3 is 10.2 Å². The van der Waals surface area contributed by atoms with E-state index in [4.69, 9.17) is 9.47 Å². The average Bonchev–Trinajstić information content (AvgIpc) is 2.69. The van der Waals surface area contributed by atoms with Gasteiger partial charge in [0.05, 0.1) is 13.2 Å². The zero-order chi connectivity index (χ0) is 15.7. The summed E-state index contributed by atoms with van der Waals surface area (Å²) in [5.74, 6) is 0.896. The van der Waals surface area contributed by atoms with E-state index < -0.39 is 15.5 Å². The summed E-state index contributed by atoms with van der Waals surface area (Å²) in [6, 6.07) is 5.32. The second-order valence-electron chi connectivity index (χ2n) is 5.41. The molecule has 8 heteroatoms. The predicted octanol–water partition coefficient (Wildman–Crippen LogP) is 1.25. The van der Waals surface area contributed by atoms with E-state index in [1.165, 1.54) is 4.90 Å². The summed E-state index contributed by atoms with van der Waals surface area (Å²) in [5, 5.41) is -1.26. The summed E-state index contributed by atoms with van der Waals surface area (Å²) >= 11 is 0. The van der Waals surface area contributed by atoms with E-state index in [2.05, 4.69) is 0 Å². The minimum Gasteiger partial charge on any atom is -0.490 e. The Morgan fingerprint density at radius 3 is 2.64 bits per heavy atom. The Hall–Kier alpha value is -1.83. The van der Waals surface area contributed by atoms with Crippen molar-refractivity contribution in [2.24, 2.45) is 0 Å². The van der Waals surface area contributed by atoms with Crippen molar-refractivity contribution in [3.8, 4) is 11.5 Å². The molecule has 0 aliphatic carbocycles. The largest absolute Gasteiger partial charge is 0.490 e. The SMILES string of the molecule is O=C1CC(S(=O)(=O)F)CN1Cc1ccc2c(c1)OCCCO2. The lowest BCUT2D eigenvalue weighted by molar-refractivity contribution is -0.128. The Morgan fingerprint density at radius 2 is 1.95 bits per heavy atom. The molecule has 0 radical (unpaired) electrons. The lowest BCUT2D eigenvalue weighted by Crippen LogP contribution is -2.26. The molecule has 1 aromatic rings. The van der Waals surface area contributed by atoms with Gasteiger partial charge in [-0.25, -0.2) is 0 Å². The van der Waals surface area contributed by atoms with Crippen molar-refractivity contribution in [3.63, 3.8) is 0 Å². The molecule has 0 aromatic heterocycles. The minimum atomic E-state index is -4.69. The zero-order valence-electron chi connectivity index (χ0n) is 11.8. The van der Waals surface area contributed by atoms with Crippen LogP contribution in [0, 0.1) is 0 Å². The van der Waals surface area contributed by atoms with Gasteiger partial charge in [0.2, 0.25) is 5.91 Å². The second kappa shape index (κ2) is 5.75. The monoisotopic (exact) mass is 329 g/mol. The van der Waals surface area contributed by atoms with Crippen molar-refractivity contribution in [2.75, 3.05) is 19.8 Å². The maximum atomic E-state index is 13.0. The molecule has 2 aliphatic rings. The van der Waals surface area contributed by atoms with Crippen LogP contribution in [0.15, 0.2) is 18.2 Å². The highest BCUT2D eigenvalue weighted by molar-refractivity contribution is 7.87. The van der Waals surface area contributed by atoms with Crippen LogP contribution in [0.1, 0.15) is 18.4 Å². The highest BCUT2D eigenvalue weighted by Crippen LogP contribution is 2.31. The van der Waals surface area contributed by atoms with Gasteiger partial charge in [0.1, 0.15) is 5.25 Å². The Bertz CT molecular complexity index is 690. The smallest absolute Gasteiger partial charge is 0.307 e. The molecule has 3 rings (SSSR count). The second-order valence-corrected chi connectivity index (χ2v) is 7.03. The maximum absolute atomic E-state index is 13.0. The van der Waals surface area contributed by atoms with E-state index in [9.17, 15) is 17.1 Å². The lowest BCUT2D eigenvalue weighted by atomic mass is 10.2. The van der Waals surface area contributed by atoms with E-state index in [1.807, 2.05) is 0 Å². The maximum Gasteiger partial charge on any atom is 0.307 e. The van der Waals surface area contributed by atoms with Gasteiger partial charge in [0.25, 0.3) is 0 Å². The summed E-state index contributed by atoms with van der Waals surface area (Å²) in [6.07, 6.45) is 0.494. The minimum absolute atomic E-state index is 0.119. The fourth-order valence-electron chi connectivity index (χ4n) is 2.60. The van der Waals surface area contributed by atoms with Crippen LogP contribution in [0.3, 0.4) is 0 Å². The molecule has 0 bridgehead atoms. The Balaban J connectivity index is 1.74. The van der Waals surface area contributed by atoms with Crippen LogP contribution < -0.4 is 9.47 Å². The number of hydrogen-bond acceptors (Lipinski definition) is 5. The third kappa shape index (κ3) is 3.16. The van der Waals surface area contributed by atoms with Gasteiger partial charge in [-0.3, -0.25) is 4.79 Å². The topological polar surface area (TPSA) is 72.9 Å². The van der Waals surface area contributed by atoms with Crippen molar-refractivity contribution in [2.45, 2.75) is 24.6 Å². The number of hydrogen-bond donors (Lipinski definition) is 0. The van der Waals surface area contributed by atoms with E-state index in [-0.39, 0.29) is 25.4 Å². The number of carbonyl (C=O) groups is 1. The Kier molecular flexibility index (Phi) is 3.94. The quantitative estimate of drug-likeness (QED) is 0.780. The summed E-state index contributed by atoms with van der Waals surface area (Å²) in [7, 11) is -4.69. The molecule has 1 unspecified atom stereocenters. The number of likely N-dealkylation sites (tertiary alicyclic amines) is 1. The number of carbonyl (C=O) groups excluding carboxylic acids is 1. The number of rotatable bonds is 3. The van der Waals surface area contributed by atoms with Gasteiger partial charge in [-0.1, -0.05) is 6.07 Å². The van der Waals surface area contributed by atoms with Gasteiger partial charge in [-0.05, 0) is 17.7 Å². The molecule has 6 nitrogen and oxygen atoms in total. The number of amides is 1. The molecule has 0 spiro atoms. The van der Waals surface area contributed by atoms with Gasteiger partial charge in [0.15, 0.2) is 11.5 Å². The van der Waals surface area contributed by atoms with Crippen LogP contribution in [0.4, 0.5) is 3.89 Å². The van der Waals surface area contributed by atoms with Crippen LogP contribution in [0.5, 0.6) is 11.5 Å². The summed E-state index contributed by atoms with van der Waals surface area (Å²) in [6.45, 7) is 1.25. The summed E-state index contributed by atoms with van der Waals surface area (Å²) in [4.78, 5) is 13.2. The van der Waals surface area contributed by atoms with Crippen molar-refractivity contribution >= 4 is 16.1 Å². The molecular formula is C14H16FNO5S. The highest BCUT2D eigenvalue weighted by Gasteiger charge is 2.38. The van der Waals surface area contributed by atoms with E-state index in [0.29, 0.717) is 24.7 Å². The van der Waals surface area contributed by atoms with E-state index in [0.717, 1.165) is 12.0 Å². The number of fused-ring (bicyclic) bond motifs is 1. The molecule has 1 saturated heterocycles. The predicted molar refractivity (Wildman–Crippen MR) is 75.9 cm³/mol. The molecule has 1 amide bonds. The molecule has 22 heavy (non-hydrogen) atoms. The van der Waals surface area contributed by atoms with Crippen LogP contribution in [-0.4, -0.2) is 44.2 Å². The molecule has 120 valence electrons. The van der Waals surface area contributed by atoms with Gasteiger partial charge in [-0.2, -0.15) is 8.42 Å². The zero-order valence-corrected chi connectivity index (χ0v) is 12.6. The van der Waals surface area contributed by atoms with Crippen molar-refractivity contribution in [1.29, 1.82) is 0 Å². The van der Waals surface area contributed by atoms with Crippen LogP contribution in [0.25, 0.3) is 0 Å². The van der Waals surface area contributed by atoms with Crippen molar-refractivity contribution < 1.29 is 26.6 Å². The molecule has 1 fully saturated rings. The first-order valence-electron chi connectivity index (χ1n) is 7.03. The third-order valence-corrected chi connectivity index (χ3v) is 4.87. The normalized spacial score (nSPS) is 21.8. The highest BCUT2D eigenvalue weighted by atomic mass is 32.3. The molecule has 2 aliphatic heterocycles. The molecule has 1 aromatic carbocycles. The Labute approximate surface area is 128 Å². The number of halogens is 1. The van der Waals surface area contributed by atoms with Gasteiger partial charge in [-0.15, -0.1) is 3.89 Å². The van der Waals surface area contributed by atoms with Gasteiger partial charge < -0.3 is 14.4 Å². The fraction of sp³-hybridized carbons (Fsp3) is 0.500. The number of nitrogens with zero attached hydrogens (tertiary/aromatic N) is 1. The molecule has 1 atom stereocenters. The first kappa shape index (κ1) is 15.1. The van der Waals surface area contributed by atoms with Crippen LogP contribution >= 0.6 is 0 Å². The summed E-state index contributed by atoms with van der Waals surface area (Å²) in [5.41, 5.74) is 0.787. The average molecular weight is 329 g/mol. The molecule has 0 saturated carbocycles. The van der Waals surface area contributed by atoms with Crippen LogP contribution in [0.2, 0.25) is 0 Å². The number of benzene rings is 1. The van der Waals surface area contributed by atoms with Crippen molar-refractivity contribution in [3.05, 3.63) is 23.8 Å². The van der Waals surface area contributed by atoms with Crippen LogP contribution in [-0.2, 0) is 21.6 Å². The van der Waals surface area contributed by atoms with E-state index >= 15 is 0 Å². The van der Waals surface area contributed by atoms with E-state index in [1.54, 1.807) is 18.2 Å². The molecule has 0 N–H and O–H groups in total. The fourth-order valence-corrected chi connectivity index (χ4v) is 3.30. The lowest BCUT2D eigenvalue weighted by Gasteiger charge is -2.17. The van der Waals surface area contributed by atoms with Gasteiger partial charge in [0, 0.05) is 25.9 Å². The summed E-state index contributed by atoms with van der Waals surface area (Å²) < 4.78 is 45.9. The molecular weight excluding hydrogens is 313 g/mol.